The molecule has 3 rings (SSSR count). The Balaban J connectivity index is 1.87. The maximum atomic E-state index is 13.3. The first kappa shape index (κ1) is 14.8. The number of rotatable bonds is 3. The third-order valence-corrected chi connectivity index (χ3v) is 4.71. The van der Waals surface area contributed by atoms with E-state index in [2.05, 4.69) is 10.3 Å². The van der Waals surface area contributed by atoms with Gasteiger partial charge in [-0.05, 0) is 36.6 Å². The SMILES string of the molecule is Cc1sc(NC(=O)c2cccs2)nc1-c1ccc(F)c(F)c1. The molecule has 3 aromatic rings. The molecule has 1 amide bonds. The number of anilines is 1. The molecular formula is C15H10F2N2OS2. The molecule has 0 aliphatic carbocycles. The first-order valence-corrected chi connectivity index (χ1v) is 8.02. The highest BCUT2D eigenvalue weighted by atomic mass is 32.1. The van der Waals surface area contributed by atoms with Crippen molar-refractivity contribution in [3.63, 3.8) is 0 Å². The third-order valence-electron chi connectivity index (χ3n) is 2.96. The van der Waals surface area contributed by atoms with Crippen LogP contribution in [0.4, 0.5) is 13.9 Å². The number of aromatic nitrogens is 1. The predicted molar refractivity (Wildman–Crippen MR) is 84.5 cm³/mol. The van der Waals surface area contributed by atoms with Crippen LogP contribution >= 0.6 is 22.7 Å². The van der Waals surface area contributed by atoms with Gasteiger partial charge in [-0.3, -0.25) is 10.1 Å². The van der Waals surface area contributed by atoms with E-state index in [1.54, 1.807) is 12.1 Å². The lowest BCUT2D eigenvalue weighted by Gasteiger charge is -2.00. The third kappa shape index (κ3) is 2.90. The van der Waals surface area contributed by atoms with E-state index in [9.17, 15) is 13.6 Å². The number of hydrogen-bond donors (Lipinski definition) is 1. The van der Waals surface area contributed by atoms with Gasteiger partial charge in [-0.2, -0.15) is 0 Å². The molecule has 1 aromatic carbocycles. The summed E-state index contributed by atoms with van der Waals surface area (Å²) in [6, 6.07) is 7.14. The molecule has 0 fully saturated rings. The van der Waals surface area contributed by atoms with Gasteiger partial charge in [0.05, 0.1) is 10.6 Å². The molecule has 0 radical (unpaired) electrons. The summed E-state index contributed by atoms with van der Waals surface area (Å²) >= 11 is 2.62. The van der Waals surface area contributed by atoms with Gasteiger partial charge in [0.1, 0.15) is 0 Å². The number of benzene rings is 1. The lowest BCUT2D eigenvalue weighted by Crippen LogP contribution is -2.09. The summed E-state index contributed by atoms with van der Waals surface area (Å²) in [5, 5.41) is 4.95. The number of hydrogen-bond acceptors (Lipinski definition) is 4. The van der Waals surface area contributed by atoms with Gasteiger partial charge < -0.3 is 0 Å². The second-order valence-electron chi connectivity index (χ2n) is 4.48. The molecule has 0 spiro atoms. The molecule has 3 nitrogen and oxygen atoms in total. The molecule has 0 atom stereocenters. The summed E-state index contributed by atoms with van der Waals surface area (Å²) in [6.07, 6.45) is 0. The smallest absolute Gasteiger partial charge is 0.267 e. The zero-order chi connectivity index (χ0) is 15.7. The minimum Gasteiger partial charge on any atom is -0.297 e. The minimum absolute atomic E-state index is 0.236. The van der Waals surface area contributed by atoms with Gasteiger partial charge in [-0.15, -0.1) is 22.7 Å². The first-order valence-electron chi connectivity index (χ1n) is 6.32. The van der Waals surface area contributed by atoms with Crippen LogP contribution in [0, 0.1) is 18.6 Å². The van der Waals surface area contributed by atoms with Crippen molar-refractivity contribution in [3.8, 4) is 11.3 Å². The van der Waals surface area contributed by atoms with Gasteiger partial charge >= 0.3 is 0 Å². The molecule has 0 aliphatic rings. The molecule has 0 saturated carbocycles. The van der Waals surface area contributed by atoms with Crippen molar-refractivity contribution in [1.29, 1.82) is 0 Å². The average Bonchev–Trinajstić information content (AvgIpc) is 3.12. The average molecular weight is 336 g/mol. The predicted octanol–water partition coefficient (Wildman–Crippen LogP) is 4.71. The molecule has 0 aliphatic heterocycles. The number of nitrogens with one attached hydrogen (secondary N) is 1. The van der Waals surface area contributed by atoms with Crippen molar-refractivity contribution in [3.05, 3.63) is 57.1 Å². The van der Waals surface area contributed by atoms with Gasteiger partial charge in [-0.25, -0.2) is 13.8 Å². The Morgan fingerprint density at radius 2 is 2.05 bits per heavy atom. The Labute approximate surface area is 133 Å². The van der Waals surface area contributed by atoms with E-state index in [0.29, 0.717) is 21.3 Å². The second kappa shape index (κ2) is 5.94. The molecular weight excluding hydrogens is 326 g/mol. The Kier molecular flexibility index (Phi) is 4.00. The van der Waals surface area contributed by atoms with E-state index in [0.717, 1.165) is 17.0 Å². The number of aryl methyl sites for hydroxylation is 1. The summed E-state index contributed by atoms with van der Waals surface area (Å²) in [6.45, 7) is 1.81. The van der Waals surface area contributed by atoms with Gasteiger partial charge in [0.15, 0.2) is 16.8 Å². The van der Waals surface area contributed by atoms with Crippen LogP contribution < -0.4 is 5.32 Å². The van der Waals surface area contributed by atoms with Crippen LogP contribution in [0.2, 0.25) is 0 Å². The molecule has 0 saturated heterocycles. The maximum absolute atomic E-state index is 13.3. The summed E-state index contributed by atoms with van der Waals surface area (Å²) in [7, 11) is 0. The van der Waals surface area contributed by atoms with Crippen molar-refractivity contribution in [2.45, 2.75) is 6.92 Å². The van der Waals surface area contributed by atoms with E-state index >= 15 is 0 Å². The number of amides is 1. The maximum Gasteiger partial charge on any atom is 0.267 e. The number of carbonyl (C=O) groups excluding carboxylic acids is 1. The van der Waals surface area contributed by atoms with Crippen LogP contribution in [0.15, 0.2) is 35.7 Å². The van der Waals surface area contributed by atoms with Crippen molar-refractivity contribution in [2.24, 2.45) is 0 Å². The number of halogens is 2. The van der Waals surface area contributed by atoms with Gasteiger partial charge in [0.2, 0.25) is 0 Å². The fraction of sp³-hybridized carbons (Fsp3) is 0.0667. The molecule has 7 heteroatoms. The molecule has 112 valence electrons. The van der Waals surface area contributed by atoms with Crippen molar-refractivity contribution >= 4 is 33.7 Å². The molecule has 22 heavy (non-hydrogen) atoms. The van der Waals surface area contributed by atoms with Gasteiger partial charge in [0, 0.05) is 10.4 Å². The van der Waals surface area contributed by atoms with Crippen molar-refractivity contribution < 1.29 is 13.6 Å². The second-order valence-corrected chi connectivity index (χ2v) is 6.64. The summed E-state index contributed by atoms with van der Waals surface area (Å²) in [5.41, 5.74) is 1.01. The van der Waals surface area contributed by atoms with Crippen LogP contribution in [0.25, 0.3) is 11.3 Å². The van der Waals surface area contributed by atoms with E-state index in [1.807, 2.05) is 12.3 Å². The van der Waals surface area contributed by atoms with Gasteiger partial charge in [0.25, 0.3) is 5.91 Å². The van der Waals surface area contributed by atoms with E-state index < -0.39 is 11.6 Å². The van der Waals surface area contributed by atoms with Gasteiger partial charge in [-0.1, -0.05) is 6.07 Å². The summed E-state index contributed by atoms with van der Waals surface area (Å²) in [4.78, 5) is 17.7. The van der Waals surface area contributed by atoms with E-state index in [4.69, 9.17) is 0 Å². The van der Waals surface area contributed by atoms with Crippen molar-refractivity contribution in [2.75, 3.05) is 5.32 Å². The van der Waals surface area contributed by atoms with Crippen LogP contribution in [-0.4, -0.2) is 10.9 Å². The standard InChI is InChI=1S/C15H10F2N2OS2/c1-8-13(9-4-5-10(16)11(17)7-9)18-15(22-8)19-14(20)12-3-2-6-21-12/h2-7H,1H3,(H,18,19,20). The Morgan fingerprint density at radius 3 is 2.73 bits per heavy atom. The number of thiazole rings is 1. The normalized spacial score (nSPS) is 10.7. The quantitative estimate of drug-likeness (QED) is 0.752. The Morgan fingerprint density at radius 1 is 1.23 bits per heavy atom. The first-order chi connectivity index (χ1) is 10.5. The highest BCUT2D eigenvalue weighted by Crippen LogP contribution is 2.31. The van der Waals surface area contributed by atoms with Crippen molar-refractivity contribution in [1.82, 2.24) is 4.98 Å². The fourth-order valence-corrected chi connectivity index (χ4v) is 3.38. The number of carbonyl (C=O) groups is 1. The zero-order valence-electron chi connectivity index (χ0n) is 11.4. The fourth-order valence-electron chi connectivity index (χ4n) is 1.93. The highest BCUT2D eigenvalue weighted by molar-refractivity contribution is 7.16. The number of thiophene rings is 1. The zero-order valence-corrected chi connectivity index (χ0v) is 13.0. The van der Waals surface area contributed by atoms with E-state index in [-0.39, 0.29) is 5.91 Å². The Hall–Kier alpha value is -2.12. The summed E-state index contributed by atoms with van der Waals surface area (Å²) in [5.74, 6) is -2.06. The lowest BCUT2D eigenvalue weighted by molar-refractivity contribution is 0.103. The molecule has 2 heterocycles. The largest absolute Gasteiger partial charge is 0.297 e. The summed E-state index contributed by atoms with van der Waals surface area (Å²) < 4.78 is 26.3. The molecule has 0 unspecified atom stereocenters. The van der Waals surface area contributed by atoms with Crippen LogP contribution in [0.3, 0.4) is 0 Å². The molecule has 0 bridgehead atoms. The van der Waals surface area contributed by atoms with Crippen LogP contribution in [0.1, 0.15) is 14.5 Å². The highest BCUT2D eigenvalue weighted by Gasteiger charge is 2.15. The molecule has 2 aromatic heterocycles. The number of nitrogens with zero attached hydrogens (tertiary/aromatic N) is 1. The van der Waals surface area contributed by atoms with Crippen LogP contribution in [-0.2, 0) is 0 Å². The Bertz CT molecular complexity index is 828. The molecule has 1 N–H and O–H groups in total. The monoisotopic (exact) mass is 336 g/mol. The van der Waals surface area contributed by atoms with E-state index in [1.165, 1.54) is 28.7 Å². The lowest BCUT2D eigenvalue weighted by atomic mass is 10.1. The minimum atomic E-state index is -0.922. The topological polar surface area (TPSA) is 42.0 Å². The van der Waals surface area contributed by atoms with Crippen LogP contribution in [0.5, 0.6) is 0 Å².